The molecule has 2 N–H and O–H groups in total. The molecule has 0 amide bonds. The first kappa shape index (κ1) is 15.9. The zero-order valence-corrected chi connectivity index (χ0v) is 13.6. The summed E-state index contributed by atoms with van der Waals surface area (Å²) in [5.74, 6) is 0.656. The number of anilines is 1. The molecule has 114 valence electrons. The van der Waals surface area contributed by atoms with Crippen LogP contribution in [0.2, 0.25) is 0 Å². The lowest BCUT2D eigenvalue weighted by molar-refractivity contribution is 0.580. The minimum Gasteiger partial charge on any atom is -0.370 e. The largest absolute Gasteiger partial charge is 0.370 e. The molecule has 0 aliphatic carbocycles. The van der Waals surface area contributed by atoms with Gasteiger partial charge in [-0.25, -0.2) is 23.1 Å². The smallest absolute Gasteiger partial charge is 0.242 e. The minimum atomic E-state index is -3.56. The van der Waals surface area contributed by atoms with Crippen molar-refractivity contribution in [2.75, 3.05) is 11.9 Å². The monoisotopic (exact) mass is 326 g/mol. The van der Waals surface area contributed by atoms with E-state index < -0.39 is 10.0 Å². The van der Waals surface area contributed by atoms with Gasteiger partial charge in [-0.15, -0.1) is 11.3 Å². The summed E-state index contributed by atoms with van der Waals surface area (Å²) in [6, 6.07) is 3.18. The van der Waals surface area contributed by atoms with Crippen molar-refractivity contribution >= 4 is 27.2 Å². The van der Waals surface area contributed by atoms with Crippen LogP contribution in [0.4, 0.5) is 5.82 Å². The molecule has 0 radical (unpaired) electrons. The molecule has 2 rings (SSSR count). The van der Waals surface area contributed by atoms with Crippen LogP contribution in [-0.2, 0) is 23.0 Å². The predicted octanol–water partition coefficient (Wildman–Crippen LogP) is 2.01. The van der Waals surface area contributed by atoms with Crippen molar-refractivity contribution in [3.63, 3.8) is 0 Å². The van der Waals surface area contributed by atoms with Crippen LogP contribution in [0.1, 0.15) is 23.7 Å². The first-order valence-corrected chi connectivity index (χ1v) is 8.98. The first-order chi connectivity index (χ1) is 10.0. The van der Waals surface area contributed by atoms with E-state index in [4.69, 9.17) is 0 Å². The third-order valence-corrected chi connectivity index (χ3v) is 5.30. The number of nitrogens with one attached hydrogen (secondary N) is 2. The van der Waals surface area contributed by atoms with Gasteiger partial charge in [-0.1, -0.05) is 6.92 Å². The third-order valence-electron chi connectivity index (χ3n) is 2.77. The number of thiazole rings is 1. The van der Waals surface area contributed by atoms with Crippen LogP contribution in [-0.4, -0.2) is 24.9 Å². The van der Waals surface area contributed by atoms with Gasteiger partial charge in [0, 0.05) is 23.8 Å². The summed E-state index contributed by atoms with van der Waals surface area (Å²) in [6.07, 6.45) is 4.03. The second kappa shape index (κ2) is 6.97. The Bertz CT molecular complexity index is 680. The van der Waals surface area contributed by atoms with Crippen molar-refractivity contribution in [2.45, 2.75) is 31.7 Å². The predicted molar refractivity (Wildman–Crippen MR) is 83.9 cm³/mol. The highest BCUT2D eigenvalue weighted by atomic mass is 32.2. The standard InChI is InChI=1S/C13H18N4O2S2/c1-3-10-7-16-13(20-10)9-17-21(18,19)11-5-6-12(14-4-2)15-8-11/h5-8,17H,3-4,9H2,1-2H3,(H,14,15). The highest BCUT2D eigenvalue weighted by Crippen LogP contribution is 2.15. The van der Waals surface area contributed by atoms with E-state index in [0.29, 0.717) is 5.82 Å². The molecule has 0 saturated heterocycles. The molecule has 0 spiro atoms. The fraction of sp³-hybridized carbons (Fsp3) is 0.385. The van der Waals surface area contributed by atoms with Gasteiger partial charge in [0.25, 0.3) is 0 Å². The summed E-state index contributed by atoms with van der Waals surface area (Å²) in [6.45, 7) is 4.93. The van der Waals surface area contributed by atoms with Crippen molar-refractivity contribution in [2.24, 2.45) is 0 Å². The molecule has 0 unspecified atom stereocenters. The molecule has 0 aromatic carbocycles. The van der Waals surface area contributed by atoms with Gasteiger partial charge >= 0.3 is 0 Å². The molecule has 0 saturated carbocycles. The van der Waals surface area contributed by atoms with E-state index in [2.05, 4.69) is 20.0 Å². The Hall–Kier alpha value is -1.51. The maximum Gasteiger partial charge on any atom is 0.242 e. The van der Waals surface area contributed by atoms with E-state index in [1.807, 2.05) is 13.8 Å². The van der Waals surface area contributed by atoms with E-state index in [-0.39, 0.29) is 11.4 Å². The molecular formula is C13H18N4O2S2. The number of aromatic nitrogens is 2. The van der Waals surface area contributed by atoms with Gasteiger partial charge in [-0.05, 0) is 25.5 Å². The van der Waals surface area contributed by atoms with Crippen molar-refractivity contribution in [1.82, 2.24) is 14.7 Å². The van der Waals surface area contributed by atoms with Crippen LogP contribution < -0.4 is 10.0 Å². The van der Waals surface area contributed by atoms with E-state index in [1.165, 1.54) is 23.6 Å². The maximum atomic E-state index is 12.2. The van der Waals surface area contributed by atoms with Crippen LogP contribution in [0, 0.1) is 0 Å². The molecule has 0 aliphatic rings. The lowest BCUT2D eigenvalue weighted by atomic mass is 10.4. The molecule has 0 fully saturated rings. The Morgan fingerprint density at radius 1 is 1.19 bits per heavy atom. The number of hydrogen-bond acceptors (Lipinski definition) is 6. The van der Waals surface area contributed by atoms with E-state index in [0.717, 1.165) is 22.9 Å². The van der Waals surface area contributed by atoms with Gasteiger partial charge in [0.05, 0.1) is 6.54 Å². The second-order valence-corrected chi connectivity index (χ2v) is 7.27. The molecule has 6 nitrogen and oxygen atoms in total. The third kappa shape index (κ3) is 4.23. The molecule has 2 aromatic rings. The summed E-state index contributed by atoms with van der Waals surface area (Å²) in [5, 5.41) is 3.78. The number of rotatable bonds is 7. The maximum absolute atomic E-state index is 12.2. The lowest BCUT2D eigenvalue weighted by Crippen LogP contribution is -2.23. The summed E-state index contributed by atoms with van der Waals surface area (Å²) >= 11 is 1.51. The number of pyridine rings is 1. The number of hydrogen-bond donors (Lipinski definition) is 2. The minimum absolute atomic E-state index is 0.149. The Balaban J connectivity index is 2.03. The van der Waals surface area contributed by atoms with Crippen LogP contribution in [0.3, 0.4) is 0 Å². The number of nitrogens with zero attached hydrogens (tertiary/aromatic N) is 2. The summed E-state index contributed by atoms with van der Waals surface area (Å²) in [5.41, 5.74) is 0. The fourth-order valence-corrected chi connectivity index (χ4v) is 3.48. The van der Waals surface area contributed by atoms with Crippen molar-refractivity contribution < 1.29 is 8.42 Å². The Morgan fingerprint density at radius 3 is 2.57 bits per heavy atom. The molecule has 2 heterocycles. The highest BCUT2D eigenvalue weighted by molar-refractivity contribution is 7.89. The van der Waals surface area contributed by atoms with Crippen LogP contribution in [0.5, 0.6) is 0 Å². The molecule has 0 bridgehead atoms. The van der Waals surface area contributed by atoms with Crippen LogP contribution in [0.15, 0.2) is 29.4 Å². The van der Waals surface area contributed by atoms with E-state index in [1.54, 1.807) is 12.3 Å². The van der Waals surface area contributed by atoms with E-state index in [9.17, 15) is 8.42 Å². The van der Waals surface area contributed by atoms with Gasteiger partial charge in [-0.3, -0.25) is 0 Å². The second-order valence-electron chi connectivity index (χ2n) is 4.31. The van der Waals surface area contributed by atoms with Crippen molar-refractivity contribution in [3.05, 3.63) is 34.4 Å². The Kier molecular flexibility index (Phi) is 5.27. The summed E-state index contributed by atoms with van der Waals surface area (Å²) in [7, 11) is -3.56. The van der Waals surface area contributed by atoms with Gasteiger partial charge in [0.2, 0.25) is 10.0 Å². The normalized spacial score (nSPS) is 11.5. The summed E-state index contributed by atoms with van der Waals surface area (Å²) < 4.78 is 26.9. The molecular weight excluding hydrogens is 308 g/mol. The van der Waals surface area contributed by atoms with Gasteiger partial charge < -0.3 is 5.32 Å². The molecule has 0 atom stereocenters. The number of aryl methyl sites for hydroxylation is 1. The van der Waals surface area contributed by atoms with E-state index >= 15 is 0 Å². The quantitative estimate of drug-likeness (QED) is 0.813. The van der Waals surface area contributed by atoms with Crippen LogP contribution in [0.25, 0.3) is 0 Å². The molecule has 2 aromatic heterocycles. The zero-order valence-electron chi connectivity index (χ0n) is 12.0. The van der Waals surface area contributed by atoms with Gasteiger partial charge in [0.15, 0.2) is 0 Å². The molecule has 8 heteroatoms. The molecule has 21 heavy (non-hydrogen) atoms. The highest BCUT2D eigenvalue weighted by Gasteiger charge is 2.15. The number of sulfonamides is 1. The van der Waals surface area contributed by atoms with Gasteiger partial charge in [0.1, 0.15) is 15.7 Å². The zero-order chi connectivity index (χ0) is 15.3. The topological polar surface area (TPSA) is 84.0 Å². The SMILES string of the molecule is CCNc1ccc(S(=O)(=O)NCc2ncc(CC)s2)cn1. The fourth-order valence-electron chi connectivity index (χ4n) is 1.66. The van der Waals surface area contributed by atoms with Crippen molar-refractivity contribution in [1.29, 1.82) is 0 Å². The molecule has 0 aliphatic heterocycles. The Labute approximate surface area is 128 Å². The lowest BCUT2D eigenvalue weighted by Gasteiger charge is -2.06. The average Bonchev–Trinajstić information content (AvgIpc) is 2.94. The Morgan fingerprint density at radius 2 is 2.00 bits per heavy atom. The van der Waals surface area contributed by atoms with Crippen LogP contribution >= 0.6 is 11.3 Å². The first-order valence-electron chi connectivity index (χ1n) is 6.68. The van der Waals surface area contributed by atoms with Gasteiger partial charge in [-0.2, -0.15) is 0 Å². The summed E-state index contributed by atoms with van der Waals surface area (Å²) in [4.78, 5) is 9.54. The average molecular weight is 326 g/mol. The van der Waals surface area contributed by atoms with Crippen molar-refractivity contribution in [3.8, 4) is 0 Å².